The Balaban J connectivity index is 2.25. The summed E-state index contributed by atoms with van der Waals surface area (Å²) < 4.78 is 0. The van der Waals surface area contributed by atoms with Crippen LogP contribution in [0.4, 0.5) is 0 Å². The lowest BCUT2D eigenvalue weighted by Crippen LogP contribution is -2.58. The van der Waals surface area contributed by atoms with Gasteiger partial charge in [-0.1, -0.05) is 12.1 Å². The standard InChI is InChI=1S/C25H35N9O8/c26-16(2-1-7-30-25(27)28)21(38)32-18(9-14-11-29-12-31-14)23(40)33-17(8-13-3-5-15(35)6-4-13)22(39)34-19(24(41)42)10-20(36)37/h3-6,11-12,16-19,35H,1-2,7-10,26H2,(H,29,31)(H,32,38)(H,33,40)(H,34,39)(H,36,37)(H,41,42)(H4,27,28,30). The third-order valence-electron chi connectivity index (χ3n) is 5.92. The Bertz CT molecular complexity index is 1250. The van der Waals surface area contributed by atoms with E-state index in [9.17, 15) is 34.2 Å². The molecule has 17 heteroatoms. The predicted octanol–water partition coefficient (Wildman–Crippen LogP) is -2.70. The molecule has 0 radical (unpaired) electrons. The van der Waals surface area contributed by atoms with Crippen molar-refractivity contribution in [3.63, 3.8) is 0 Å². The van der Waals surface area contributed by atoms with Gasteiger partial charge in [-0.05, 0) is 30.5 Å². The molecule has 0 aliphatic carbocycles. The van der Waals surface area contributed by atoms with Crippen molar-refractivity contribution in [2.24, 2.45) is 22.2 Å². The number of aliphatic carboxylic acids is 2. The number of phenols is 1. The monoisotopic (exact) mass is 589 g/mol. The van der Waals surface area contributed by atoms with Gasteiger partial charge in [-0.2, -0.15) is 0 Å². The molecule has 0 aliphatic rings. The maximum atomic E-state index is 13.4. The van der Waals surface area contributed by atoms with E-state index in [2.05, 4.69) is 30.9 Å². The number of H-pyrrole nitrogens is 1. The molecule has 17 nitrogen and oxygen atoms in total. The van der Waals surface area contributed by atoms with Gasteiger partial charge in [0.15, 0.2) is 5.96 Å². The minimum Gasteiger partial charge on any atom is -0.508 e. The number of rotatable bonds is 17. The van der Waals surface area contributed by atoms with Crippen molar-refractivity contribution in [3.05, 3.63) is 48.0 Å². The number of carboxylic acids is 2. The number of imidazole rings is 1. The second kappa shape index (κ2) is 16.2. The molecular weight excluding hydrogens is 554 g/mol. The Labute approximate surface area is 240 Å². The zero-order valence-corrected chi connectivity index (χ0v) is 22.5. The summed E-state index contributed by atoms with van der Waals surface area (Å²) in [5.41, 5.74) is 17.5. The van der Waals surface area contributed by atoms with Crippen LogP contribution < -0.4 is 33.2 Å². The molecule has 1 aromatic heterocycles. The van der Waals surface area contributed by atoms with Crippen molar-refractivity contribution in [1.29, 1.82) is 0 Å². The number of aliphatic imine (C=N–C) groups is 1. The highest BCUT2D eigenvalue weighted by atomic mass is 16.4. The first kappa shape index (κ1) is 33.0. The van der Waals surface area contributed by atoms with E-state index < -0.39 is 60.2 Å². The van der Waals surface area contributed by atoms with E-state index in [0.717, 1.165) is 0 Å². The average molecular weight is 590 g/mol. The number of carbonyl (C=O) groups is 5. The minimum absolute atomic E-state index is 0.0480. The Morgan fingerprint density at radius 2 is 1.50 bits per heavy atom. The van der Waals surface area contributed by atoms with Crippen LogP contribution in [0.2, 0.25) is 0 Å². The molecule has 2 aromatic rings. The molecule has 0 bridgehead atoms. The quantitative estimate of drug-likeness (QED) is 0.0512. The maximum absolute atomic E-state index is 13.4. The van der Waals surface area contributed by atoms with Crippen molar-refractivity contribution in [2.75, 3.05) is 6.54 Å². The molecule has 228 valence electrons. The van der Waals surface area contributed by atoms with Crippen LogP contribution in [0, 0.1) is 0 Å². The highest BCUT2D eigenvalue weighted by Crippen LogP contribution is 2.12. The molecule has 0 spiro atoms. The number of aromatic hydroxyl groups is 1. The highest BCUT2D eigenvalue weighted by molar-refractivity contribution is 5.95. The minimum atomic E-state index is -1.77. The van der Waals surface area contributed by atoms with Gasteiger partial charge in [-0.3, -0.25) is 24.2 Å². The molecule has 0 fully saturated rings. The van der Waals surface area contributed by atoms with Gasteiger partial charge in [0.05, 0.1) is 18.8 Å². The van der Waals surface area contributed by atoms with Crippen LogP contribution >= 0.6 is 0 Å². The number of hydrogen-bond acceptors (Lipinski definition) is 9. The zero-order valence-electron chi connectivity index (χ0n) is 22.5. The Morgan fingerprint density at radius 3 is 2.05 bits per heavy atom. The van der Waals surface area contributed by atoms with E-state index in [4.69, 9.17) is 22.3 Å². The average Bonchev–Trinajstić information content (AvgIpc) is 3.43. The lowest BCUT2D eigenvalue weighted by atomic mass is 10.0. The Hall–Kier alpha value is -5.19. The van der Waals surface area contributed by atoms with E-state index in [-0.39, 0.29) is 37.5 Å². The van der Waals surface area contributed by atoms with Crippen LogP contribution in [0.5, 0.6) is 5.75 Å². The molecule has 2 rings (SSSR count). The second-order valence-electron chi connectivity index (χ2n) is 9.33. The number of hydrogen-bond donors (Lipinski definition) is 10. The van der Waals surface area contributed by atoms with Gasteiger partial charge in [0, 0.05) is 31.3 Å². The van der Waals surface area contributed by atoms with Crippen LogP contribution in [-0.4, -0.2) is 91.6 Å². The van der Waals surface area contributed by atoms with Crippen molar-refractivity contribution in [1.82, 2.24) is 25.9 Å². The van der Waals surface area contributed by atoms with Crippen LogP contribution in [0.3, 0.4) is 0 Å². The summed E-state index contributed by atoms with van der Waals surface area (Å²) in [5, 5.41) is 35.2. The highest BCUT2D eigenvalue weighted by Gasteiger charge is 2.31. The first-order valence-electron chi connectivity index (χ1n) is 12.8. The number of nitrogens with two attached hydrogens (primary N) is 3. The first-order valence-corrected chi connectivity index (χ1v) is 12.8. The van der Waals surface area contributed by atoms with Gasteiger partial charge < -0.3 is 53.5 Å². The smallest absolute Gasteiger partial charge is 0.326 e. The molecule has 1 aromatic carbocycles. The van der Waals surface area contributed by atoms with Crippen LogP contribution in [0.25, 0.3) is 0 Å². The Kier molecular flexibility index (Phi) is 12.7. The second-order valence-corrected chi connectivity index (χ2v) is 9.33. The number of guanidine groups is 1. The number of carboxylic acid groups (broad SMARTS) is 2. The summed E-state index contributed by atoms with van der Waals surface area (Å²) in [7, 11) is 0. The summed E-state index contributed by atoms with van der Waals surface area (Å²) in [4.78, 5) is 72.6. The zero-order chi connectivity index (χ0) is 31.2. The number of aromatic nitrogens is 2. The van der Waals surface area contributed by atoms with E-state index in [1.165, 1.54) is 36.8 Å². The normalized spacial score (nSPS) is 13.5. The molecule has 3 amide bonds. The lowest BCUT2D eigenvalue weighted by Gasteiger charge is -2.25. The number of amides is 3. The topological polar surface area (TPSA) is 301 Å². The van der Waals surface area contributed by atoms with Gasteiger partial charge >= 0.3 is 11.9 Å². The maximum Gasteiger partial charge on any atom is 0.326 e. The summed E-state index contributed by atoms with van der Waals surface area (Å²) in [6.45, 7) is 0.245. The third kappa shape index (κ3) is 11.5. The van der Waals surface area contributed by atoms with E-state index >= 15 is 0 Å². The number of carbonyl (C=O) groups excluding carboxylic acids is 3. The SMILES string of the molecule is NC(N)=NCCCC(N)C(=O)NC(Cc1cnc[nH]1)C(=O)NC(Cc1ccc(O)cc1)C(=O)NC(CC(=O)O)C(=O)O. The van der Waals surface area contributed by atoms with E-state index in [1.54, 1.807) is 0 Å². The molecule has 13 N–H and O–H groups in total. The first-order chi connectivity index (χ1) is 19.8. The van der Waals surface area contributed by atoms with Gasteiger partial charge in [0.1, 0.15) is 23.9 Å². The fourth-order valence-electron chi connectivity index (χ4n) is 3.75. The van der Waals surface area contributed by atoms with Crippen molar-refractivity contribution in [3.8, 4) is 5.75 Å². The molecule has 42 heavy (non-hydrogen) atoms. The number of nitrogens with one attached hydrogen (secondary N) is 4. The predicted molar refractivity (Wildman–Crippen MR) is 148 cm³/mol. The molecule has 4 unspecified atom stereocenters. The molecular formula is C25H35N9O8. The summed E-state index contributed by atoms with van der Waals surface area (Å²) in [5.74, 6) is -5.65. The molecule has 0 saturated heterocycles. The largest absolute Gasteiger partial charge is 0.508 e. The fourth-order valence-corrected chi connectivity index (χ4v) is 3.75. The Morgan fingerprint density at radius 1 is 0.905 bits per heavy atom. The fraction of sp³-hybridized carbons (Fsp3) is 0.400. The lowest BCUT2D eigenvalue weighted by molar-refractivity contribution is -0.147. The van der Waals surface area contributed by atoms with Gasteiger partial charge in [-0.25, -0.2) is 9.78 Å². The van der Waals surface area contributed by atoms with E-state index in [0.29, 0.717) is 17.7 Å². The van der Waals surface area contributed by atoms with Crippen LogP contribution in [0.15, 0.2) is 41.8 Å². The molecule has 1 heterocycles. The van der Waals surface area contributed by atoms with Crippen molar-refractivity contribution < 1.29 is 39.3 Å². The number of aromatic amines is 1. The molecule has 4 atom stereocenters. The van der Waals surface area contributed by atoms with Crippen LogP contribution in [0.1, 0.15) is 30.5 Å². The van der Waals surface area contributed by atoms with Gasteiger partial charge in [-0.15, -0.1) is 0 Å². The van der Waals surface area contributed by atoms with Gasteiger partial charge in [0.25, 0.3) is 0 Å². The number of phenolic OH excluding ortho intramolecular Hbond substituents is 1. The van der Waals surface area contributed by atoms with E-state index in [1.807, 2.05) is 0 Å². The number of benzene rings is 1. The number of nitrogens with zero attached hydrogens (tertiary/aromatic N) is 2. The summed E-state index contributed by atoms with van der Waals surface area (Å²) in [6, 6.07) is 0.251. The molecule has 0 saturated carbocycles. The van der Waals surface area contributed by atoms with Gasteiger partial charge in [0.2, 0.25) is 17.7 Å². The summed E-state index contributed by atoms with van der Waals surface area (Å²) in [6.07, 6.45) is 2.27. The molecule has 0 aliphatic heterocycles. The summed E-state index contributed by atoms with van der Waals surface area (Å²) >= 11 is 0. The van der Waals surface area contributed by atoms with Crippen molar-refractivity contribution >= 4 is 35.6 Å². The third-order valence-corrected chi connectivity index (χ3v) is 5.92. The van der Waals surface area contributed by atoms with Crippen molar-refractivity contribution in [2.45, 2.75) is 56.3 Å². The van der Waals surface area contributed by atoms with Crippen LogP contribution in [-0.2, 0) is 36.8 Å².